The third kappa shape index (κ3) is 3.00. The highest BCUT2D eigenvalue weighted by molar-refractivity contribution is 5.97. The molecule has 3 aliphatic carbocycles. The minimum Gasteiger partial charge on any atom is -0.390 e. The van der Waals surface area contributed by atoms with E-state index in [1.165, 1.54) is 12.1 Å². The van der Waals surface area contributed by atoms with Crippen molar-refractivity contribution in [3.8, 4) is 11.3 Å². The largest absolute Gasteiger partial charge is 0.390 e. The molecule has 2 aromatic heterocycles. The first-order valence-electron chi connectivity index (χ1n) is 9.85. The molecule has 2 bridgehead atoms. The second-order valence-corrected chi connectivity index (χ2v) is 8.37. The van der Waals surface area contributed by atoms with Crippen molar-refractivity contribution in [2.24, 2.45) is 0 Å². The van der Waals surface area contributed by atoms with E-state index in [2.05, 4.69) is 15.3 Å². The summed E-state index contributed by atoms with van der Waals surface area (Å²) in [5.41, 5.74) is 0.150. The molecule has 3 N–H and O–H groups in total. The summed E-state index contributed by atoms with van der Waals surface area (Å²) in [6.07, 6.45) is 6.90. The van der Waals surface area contributed by atoms with Crippen molar-refractivity contribution >= 4 is 16.8 Å². The molecule has 0 aliphatic heterocycles. The van der Waals surface area contributed by atoms with Gasteiger partial charge in [0.05, 0.1) is 23.0 Å². The summed E-state index contributed by atoms with van der Waals surface area (Å²) in [4.78, 5) is 19.6. The monoisotopic (exact) mass is 397 g/mol. The number of nitrogens with zero attached hydrogens (tertiary/aromatic N) is 1. The topological polar surface area (TPSA) is 78.0 Å². The molecule has 3 saturated carbocycles. The zero-order chi connectivity index (χ0) is 20.2. The number of benzene rings is 1. The molecule has 0 radical (unpaired) electrons. The number of nitrogens with one attached hydrogen (secondary N) is 2. The van der Waals surface area contributed by atoms with Gasteiger partial charge in [-0.2, -0.15) is 0 Å². The van der Waals surface area contributed by atoms with E-state index in [-0.39, 0.29) is 28.1 Å². The van der Waals surface area contributed by atoms with Gasteiger partial charge in [-0.25, -0.2) is 8.78 Å². The van der Waals surface area contributed by atoms with E-state index in [1.54, 1.807) is 18.3 Å². The van der Waals surface area contributed by atoms with Crippen LogP contribution in [-0.2, 0) is 0 Å². The molecule has 0 unspecified atom stereocenters. The van der Waals surface area contributed by atoms with Crippen molar-refractivity contribution in [1.29, 1.82) is 0 Å². The minimum atomic E-state index is -0.585. The molecule has 7 heteroatoms. The summed E-state index contributed by atoms with van der Waals surface area (Å²) >= 11 is 0. The SMILES string of the molecule is O=C(NC12CCC(O)(CC1)CC2)c1ccc(-c2ncc(F)c3[nH]ccc23)c(F)c1. The fourth-order valence-electron chi connectivity index (χ4n) is 4.75. The highest BCUT2D eigenvalue weighted by Crippen LogP contribution is 2.46. The maximum absolute atomic E-state index is 14.9. The Labute approximate surface area is 166 Å². The van der Waals surface area contributed by atoms with Crippen LogP contribution in [0.15, 0.2) is 36.7 Å². The Bertz CT molecular complexity index is 1100. The van der Waals surface area contributed by atoms with Crippen LogP contribution in [0.1, 0.15) is 48.9 Å². The molecule has 29 heavy (non-hydrogen) atoms. The van der Waals surface area contributed by atoms with Crippen molar-refractivity contribution in [3.63, 3.8) is 0 Å². The summed E-state index contributed by atoms with van der Waals surface area (Å²) < 4.78 is 28.7. The molecule has 3 aromatic rings. The summed E-state index contributed by atoms with van der Waals surface area (Å²) in [6, 6.07) is 5.92. The second-order valence-electron chi connectivity index (χ2n) is 8.37. The van der Waals surface area contributed by atoms with E-state index >= 15 is 0 Å². The number of fused-ring (bicyclic) bond motifs is 4. The molecule has 5 nitrogen and oxygen atoms in total. The summed E-state index contributed by atoms with van der Waals surface area (Å²) in [7, 11) is 0. The van der Waals surface area contributed by atoms with Gasteiger partial charge in [0.1, 0.15) is 5.82 Å². The van der Waals surface area contributed by atoms with Gasteiger partial charge in [0, 0.05) is 28.2 Å². The number of aliphatic hydroxyl groups is 1. The quantitative estimate of drug-likeness (QED) is 0.623. The van der Waals surface area contributed by atoms with Crippen molar-refractivity contribution in [2.75, 3.05) is 0 Å². The van der Waals surface area contributed by atoms with Gasteiger partial charge in [-0.05, 0) is 62.8 Å². The average Bonchev–Trinajstić information content (AvgIpc) is 3.21. The summed E-state index contributed by atoms with van der Waals surface area (Å²) in [5, 5.41) is 13.9. The zero-order valence-corrected chi connectivity index (χ0v) is 15.8. The zero-order valence-electron chi connectivity index (χ0n) is 15.8. The highest BCUT2D eigenvalue weighted by Gasteiger charge is 2.48. The molecule has 3 fully saturated rings. The molecule has 0 saturated heterocycles. The molecular formula is C22H21F2N3O2. The first kappa shape index (κ1) is 18.2. The van der Waals surface area contributed by atoms with Crippen LogP contribution in [0.4, 0.5) is 8.78 Å². The number of pyridine rings is 1. The molecule has 2 heterocycles. The van der Waals surface area contributed by atoms with E-state index in [9.17, 15) is 18.7 Å². The van der Waals surface area contributed by atoms with Crippen LogP contribution in [-0.4, -0.2) is 32.1 Å². The summed E-state index contributed by atoms with van der Waals surface area (Å²) in [6.45, 7) is 0. The van der Waals surface area contributed by atoms with Crippen LogP contribution in [0.2, 0.25) is 0 Å². The van der Waals surface area contributed by atoms with E-state index in [0.29, 0.717) is 30.3 Å². The van der Waals surface area contributed by atoms with E-state index in [1.807, 2.05) is 0 Å². The van der Waals surface area contributed by atoms with Crippen molar-refractivity contribution in [3.05, 3.63) is 53.9 Å². The van der Waals surface area contributed by atoms with Gasteiger partial charge in [0.15, 0.2) is 5.82 Å². The average molecular weight is 397 g/mol. The maximum Gasteiger partial charge on any atom is 0.251 e. The lowest BCUT2D eigenvalue weighted by Gasteiger charge is -2.51. The Balaban J connectivity index is 1.42. The fraction of sp³-hybridized carbons (Fsp3) is 0.364. The summed E-state index contributed by atoms with van der Waals surface area (Å²) in [5.74, 6) is -1.41. The van der Waals surface area contributed by atoms with E-state index < -0.39 is 17.2 Å². The standard InChI is InChI=1S/C22H21F2N3O2/c23-16-11-13(20(28)27-21-4-7-22(29,8-5-21)9-6-21)1-2-14(16)18-15-3-10-25-19(15)17(24)12-26-18/h1-3,10-12,25,29H,4-9H2,(H,27,28). The molecule has 0 atom stereocenters. The van der Waals surface area contributed by atoms with Crippen molar-refractivity contribution in [1.82, 2.24) is 15.3 Å². The number of carbonyl (C=O) groups is 1. The molecule has 1 amide bonds. The van der Waals surface area contributed by atoms with Gasteiger partial charge in [0.2, 0.25) is 0 Å². The lowest BCUT2D eigenvalue weighted by atomic mass is 9.63. The van der Waals surface area contributed by atoms with Gasteiger partial charge in [0.25, 0.3) is 5.91 Å². The van der Waals surface area contributed by atoms with Gasteiger partial charge in [-0.1, -0.05) is 0 Å². The number of carbonyl (C=O) groups excluding carboxylic acids is 1. The number of hydrogen-bond donors (Lipinski definition) is 3. The maximum atomic E-state index is 14.9. The lowest BCUT2D eigenvalue weighted by molar-refractivity contribution is -0.0702. The number of aromatic amines is 1. The molecule has 150 valence electrons. The van der Waals surface area contributed by atoms with Crippen LogP contribution in [0.5, 0.6) is 0 Å². The normalized spacial score (nSPS) is 26.0. The predicted octanol–water partition coefficient (Wildman–Crippen LogP) is 4.08. The Morgan fingerprint density at radius 1 is 1.07 bits per heavy atom. The van der Waals surface area contributed by atoms with Crippen LogP contribution in [0, 0.1) is 11.6 Å². The molecule has 1 aromatic carbocycles. The van der Waals surface area contributed by atoms with Crippen LogP contribution in [0.3, 0.4) is 0 Å². The first-order chi connectivity index (χ1) is 13.9. The smallest absolute Gasteiger partial charge is 0.251 e. The Kier molecular flexibility index (Phi) is 4.00. The van der Waals surface area contributed by atoms with Crippen molar-refractivity contribution in [2.45, 2.75) is 49.7 Å². The molecule has 6 rings (SSSR count). The molecule has 3 aliphatic rings. The van der Waals surface area contributed by atoms with Crippen LogP contribution < -0.4 is 5.32 Å². The first-order valence-corrected chi connectivity index (χ1v) is 9.85. The molecular weight excluding hydrogens is 376 g/mol. The third-order valence-electron chi connectivity index (χ3n) is 6.62. The highest BCUT2D eigenvalue weighted by atomic mass is 19.1. The lowest BCUT2D eigenvalue weighted by Crippen LogP contribution is -2.58. The third-order valence-corrected chi connectivity index (χ3v) is 6.62. The van der Waals surface area contributed by atoms with E-state index in [0.717, 1.165) is 25.5 Å². The Hall–Kier alpha value is -2.80. The minimum absolute atomic E-state index is 0.213. The fourth-order valence-corrected chi connectivity index (χ4v) is 4.75. The van der Waals surface area contributed by atoms with E-state index in [4.69, 9.17) is 0 Å². The van der Waals surface area contributed by atoms with Gasteiger partial charge < -0.3 is 15.4 Å². The number of amides is 1. The number of rotatable bonds is 3. The van der Waals surface area contributed by atoms with Crippen molar-refractivity contribution < 1.29 is 18.7 Å². The van der Waals surface area contributed by atoms with Crippen LogP contribution in [0.25, 0.3) is 22.2 Å². The van der Waals surface area contributed by atoms with Gasteiger partial charge in [-0.3, -0.25) is 9.78 Å². The van der Waals surface area contributed by atoms with Crippen LogP contribution >= 0.6 is 0 Å². The Morgan fingerprint density at radius 3 is 2.48 bits per heavy atom. The number of hydrogen-bond acceptors (Lipinski definition) is 3. The van der Waals surface area contributed by atoms with Gasteiger partial charge in [-0.15, -0.1) is 0 Å². The number of aromatic nitrogens is 2. The Morgan fingerprint density at radius 2 is 1.79 bits per heavy atom. The predicted molar refractivity (Wildman–Crippen MR) is 104 cm³/mol. The second kappa shape index (κ2) is 6.35. The van der Waals surface area contributed by atoms with Gasteiger partial charge >= 0.3 is 0 Å². The number of H-pyrrole nitrogens is 1. The molecule has 0 spiro atoms. The number of halogens is 2.